The minimum Gasteiger partial charge on any atom is -0.493 e. The lowest BCUT2D eigenvalue weighted by Crippen LogP contribution is -2.10. The molecule has 2 rings (SSSR count). The summed E-state index contributed by atoms with van der Waals surface area (Å²) >= 11 is 0. The van der Waals surface area contributed by atoms with Crippen molar-refractivity contribution in [1.29, 1.82) is 0 Å². The largest absolute Gasteiger partial charge is 0.493 e. The molecule has 3 nitrogen and oxygen atoms in total. The van der Waals surface area contributed by atoms with Gasteiger partial charge in [0.1, 0.15) is 5.75 Å². The van der Waals surface area contributed by atoms with Crippen LogP contribution in [0.2, 0.25) is 0 Å². The zero-order valence-corrected chi connectivity index (χ0v) is 10.3. The number of carbonyl (C=O) groups is 1. The third-order valence-corrected chi connectivity index (χ3v) is 3.17. The first kappa shape index (κ1) is 12.0. The molecule has 92 valence electrons. The summed E-state index contributed by atoms with van der Waals surface area (Å²) in [5.41, 5.74) is 1.84. The van der Waals surface area contributed by atoms with Gasteiger partial charge in [0, 0.05) is 5.56 Å². The van der Waals surface area contributed by atoms with E-state index in [-0.39, 0.29) is 0 Å². The molecule has 0 heterocycles. The van der Waals surface area contributed by atoms with Crippen molar-refractivity contribution in [3.63, 3.8) is 0 Å². The SMILES string of the molecule is Cc1ccc(OCC2CC2)c(C(C)C(=O)O)c1. The molecule has 1 aliphatic rings. The summed E-state index contributed by atoms with van der Waals surface area (Å²) in [4.78, 5) is 11.1. The van der Waals surface area contributed by atoms with Gasteiger partial charge in [-0.05, 0) is 38.7 Å². The molecular formula is C14H18O3. The number of aliphatic carboxylic acids is 1. The van der Waals surface area contributed by atoms with Crippen LogP contribution in [0.5, 0.6) is 5.75 Å². The number of hydrogen-bond acceptors (Lipinski definition) is 2. The molecule has 0 aliphatic heterocycles. The second-order valence-corrected chi connectivity index (χ2v) is 4.86. The topological polar surface area (TPSA) is 46.5 Å². The van der Waals surface area contributed by atoms with E-state index < -0.39 is 11.9 Å². The van der Waals surface area contributed by atoms with E-state index in [2.05, 4.69) is 0 Å². The number of rotatable bonds is 5. The molecule has 1 unspecified atom stereocenters. The Labute approximate surface area is 101 Å². The molecule has 1 aromatic carbocycles. The summed E-state index contributed by atoms with van der Waals surface area (Å²) in [6.45, 7) is 4.37. The normalized spacial score (nSPS) is 16.6. The van der Waals surface area contributed by atoms with Gasteiger partial charge in [-0.15, -0.1) is 0 Å². The van der Waals surface area contributed by atoms with Crippen LogP contribution in [-0.2, 0) is 4.79 Å². The number of benzene rings is 1. The Morgan fingerprint density at radius 3 is 2.82 bits per heavy atom. The fraction of sp³-hybridized carbons (Fsp3) is 0.500. The summed E-state index contributed by atoms with van der Waals surface area (Å²) in [5, 5.41) is 9.08. The van der Waals surface area contributed by atoms with E-state index in [1.165, 1.54) is 12.8 Å². The van der Waals surface area contributed by atoms with Crippen LogP contribution >= 0.6 is 0 Å². The van der Waals surface area contributed by atoms with E-state index in [9.17, 15) is 4.79 Å². The highest BCUT2D eigenvalue weighted by Crippen LogP contribution is 2.32. The van der Waals surface area contributed by atoms with Crippen LogP contribution in [-0.4, -0.2) is 17.7 Å². The van der Waals surface area contributed by atoms with Gasteiger partial charge in [0.2, 0.25) is 0 Å². The van der Waals surface area contributed by atoms with Gasteiger partial charge in [-0.1, -0.05) is 17.7 Å². The predicted molar refractivity (Wildman–Crippen MR) is 65.4 cm³/mol. The second kappa shape index (κ2) is 4.78. The number of hydrogen-bond donors (Lipinski definition) is 1. The van der Waals surface area contributed by atoms with Crippen molar-refractivity contribution in [3.05, 3.63) is 29.3 Å². The first-order valence-electron chi connectivity index (χ1n) is 6.04. The predicted octanol–water partition coefficient (Wildman–Crippen LogP) is 2.97. The third-order valence-electron chi connectivity index (χ3n) is 3.17. The van der Waals surface area contributed by atoms with Crippen LogP contribution in [0.3, 0.4) is 0 Å². The van der Waals surface area contributed by atoms with Crippen LogP contribution in [0.25, 0.3) is 0 Å². The third kappa shape index (κ3) is 2.99. The Bertz CT molecular complexity index is 421. The molecule has 1 atom stereocenters. The van der Waals surface area contributed by atoms with Gasteiger partial charge < -0.3 is 9.84 Å². The Hall–Kier alpha value is -1.51. The molecule has 1 fully saturated rings. The van der Waals surface area contributed by atoms with Crippen molar-refractivity contribution in [2.75, 3.05) is 6.61 Å². The monoisotopic (exact) mass is 234 g/mol. The summed E-state index contributed by atoms with van der Waals surface area (Å²) in [6.07, 6.45) is 2.46. The highest BCUT2D eigenvalue weighted by molar-refractivity contribution is 5.76. The Morgan fingerprint density at radius 1 is 1.53 bits per heavy atom. The van der Waals surface area contributed by atoms with Crippen LogP contribution in [0.4, 0.5) is 0 Å². The maximum Gasteiger partial charge on any atom is 0.310 e. The van der Waals surface area contributed by atoms with Crippen LogP contribution in [0.15, 0.2) is 18.2 Å². The molecule has 17 heavy (non-hydrogen) atoms. The minimum atomic E-state index is -0.813. The Kier molecular flexibility index (Phi) is 3.36. The van der Waals surface area contributed by atoms with Gasteiger partial charge in [0.05, 0.1) is 12.5 Å². The summed E-state index contributed by atoms with van der Waals surface area (Å²) < 4.78 is 5.72. The molecule has 0 radical (unpaired) electrons. The van der Waals surface area contributed by atoms with Crippen LogP contribution < -0.4 is 4.74 Å². The average Bonchev–Trinajstić information content (AvgIpc) is 3.10. The van der Waals surface area contributed by atoms with E-state index in [4.69, 9.17) is 9.84 Å². The maximum absolute atomic E-state index is 11.1. The van der Waals surface area contributed by atoms with Crippen LogP contribution in [0, 0.1) is 12.8 Å². The number of carboxylic acids is 1. The van der Waals surface area contributed by atoms with Gasteiger partial charge in [-0.3, -0.25) is 4.79 Å². The van der Waals surface area contributed by atoms with Gasteiger partial charge >= 0.3 is 5.97 Å². The molecule has 0 saturated heterocycles. The van der Waals surface area contributed by atoms with Gasteiger partial charge in [-0.2, -0.15) is 0 Å². The number of ether oxygens (including phenoxy) is 1. The summed E-state index contributed by atoms with van der Waals surface area (Å²) in [6, 6.07) is 5.74. The van der Waals surface area contributed by atoms with E-state index in [1.54, 1.807) is 6.92 Å². The van der Waals surface area contributed by atoms with Crippen molar-refractivity contribution in [2.24, 2.45) is 5.92 Å². The molecular weight excluding hydrogens is 216 g/mol. The van der Waals surface area contributed by atoms with Crippen molar-refractivity contribution < 1.29 is 14.6 Å². The fourth-order valence-electron chi connectivity index (χ4n) is 1.76. The Morgan fingerprint density at radius 2 is 2.24 bits per heavy atom. The molecule has 0 amide bonds. The highest BCUT2D eigenvalue weighted by atomic mass is 16.5. The lowest BCUT2D eigenvalue weighted by atomic mass is 9.98. The van der Waals surface area contributed by atoms with Crippen LogP contribution in [0.1, 0.15) is 36.8 Å². The van der Waals surface area contributed by atoms with Crippen molar-refractivity contribution in [3.8, 4) is 5.75 Å². The Balaban J connectivity index is 2.19. The molecule has 1 saturated carbocycles. The average molecular weight is 234 g/mol. The smallest absolute Gasteiger partial charge is 0.310 e. The molecule has 3 heteroatoms. The molecule has 1 N–H and O–H groups in total. The first-order valence-corrected chi connectivity index (χ1v) is 6.04. The minimum absolute atomic E-state index is 0.524. The quantitative estimate of drug-likeness (QED) is 0.852. The standard InChI is InChI=1S/C14H18O3/c1-9-3-6-13(17-8-11-4-5-11)12(7-9)10(2)14(15)16/h3,6-7,10-11H,4-5,8H2,1-2H3,(H,15,16). The molecule has 1 aliphatic carbocycles. The van der Waals surface area contributed by atoms with E-state index in [0.29, 0.717) is 12.5 Å². The van der Waals surface area contributed by atoms with Crippen molar-refractivity contribution in [1.82, 2.24) is 0 Å². The number of aryl methyl sites for hydroxylation is 1. The lowest BCUT2D eigenvalue weighted by molar-refractivity contribution is -0.138. The number of carboxylic acid groups (broad SMARTS) is 1. The first-order chi connectivity index (χ1) is 8.08. The molecule has 0 spiro atoms. The summed E-state index contributed by atoms with van der Waals surface area (Å²) in [5.74, 6) is 0.0534. The molecule has 1 aromatic rings. The summed E-state index contributed by atoms with van der Waals surface area (Å²) in [7, 11) is 0. The van der Waals surface area contributed by atoms with Gasteiger partial charge in [0.25, 0.3) is 0 Å². The van der Waals surface area contributed by atoms with Gasteiger partial charge in [0.15, 0.2) is 0 Å². The lowest BCUT2D eigenvalue weighted by Gasteiger charge is -2.15. The fourth-order valence-corrected chi connectivity index (χ4v) is 1.76. The molecule has 0 bridgehead atoms. The zero-order chi connectivity index (χ0) is 12.4. The molecule has 0 aromatic heterocycles. The van der Waals surface area contributed by atoms with E-state index in [1.807, 2.05) is 25.1 Å². The zero-order valence-electron chi connectivity index (χ0n) is 10.3. The maximum atomic E-state index is 11.1. The van der Waals surface area contributed by atoms with Crippen molar-refractivity contribution >= 4 is 5.97 Å². The van der Waals surface area contributed by atoms with E-state index in [0.717, 1.165) is 16.9 Å². The van der Waals surface area contributed by atoms with Crippen molar-refractivity contribution in [2.45, 2.75) is 32.6 Å². The van der Waals surface area contributed by atoms with E-state index >= 15 is 0 Å². The second-order valence-electron chi connectivity index (χ2n) is 4.86. The highest BCUT2D eigenvalue weighted by Gasteiger charge is 2.24. The van der Waals surface area contributed by atoms with Gasteiger partial charge in [-0.25, -0.2) is 0 Å².